The first-order chi connectivity index (χ1) is 7.77. The standard InChI is InChI=1S/C10H7ClF3NO2/c11-5-1-2-6(9(17)8(16)4-15)7(3-5)10(12,13)14/h1-3,8-9,16-17H. The topological polar surface area (TPSA) is 64.2 Å². The molecule has 17 heavy (non-hydrogen) atoms. The number of nitriles is 1. The van der Waals surface area contributed by atoms with Gasteiger partial charge in [0.2, 0.25) is 0 Å². The van der Waals surface area contributed by atoms with E-state index in [1.807, 2.05) is 0 Å². The molecular weight excluding hydrogens is 259 g/mol. The van der Waals surface area contributed by atoms with Crippen molar-refractivity contribution in [2.45, 2.75) is 18.4 Å². The molecule has 0 radical (unpaired) electrons. The van der Waals surface area contributed by atoms with Crippen molar-refractivity contribution in [2.75, 3.05) is 0 Å². The minimum atomic E-state index is -4.73. The van der Waals surface area contributed by atoms with Crippen molar-refractivity contribution < 1.29 is 23.4 Å². The van der Waals surface area contributed by atoms with Gasteiger partial charge in [0, 0.05) is 5.02 Å². The average molecular weight is 266 g/mol. The van der Waals surface area contributed by atoms with Crippen LogP contribution >= 0.6 is 11.6 Å². The van der Waals surface area contributed by atoms with Crippen molar-refractivity contribution in [3.05, 3.63) is 34.3 Å². The molecule has 1 aromatic carbocycles. The van der Waals surface area contributed by atoms with Crippen molar-refractivity contribution in [1.29, 1.82) is 5.26 Å². The van der Waals surface area contributed by atoms with Crippen LogP contribution in [0.15, 0.2) is 18.2 Å². The maximum absolute atomic E-state index is 12.6. The zero-order valence-corrected chi connectivity index (χ0v) is 9.00. The van der Waals surface area contributed by atoms with Crippen LogP contribution in [0.2, 0.25) is 5.02 Å². The van der Waals surface area contributed by atoms with Gasteiger partial charge in [0.25, 0.3) is 0 Å². The first-order valence-corrected chi connectivity index (χ1v) is 4.77. The van der Waals surface area contributed by atoms with Crippen molar-refractivity contribution in [3.63, 3.8) is 0 Å². The smallest absolute Gasteiger partial charge is 0.385 e. The minimum absolute atomic E-state index is 0.153. The molecule has 0 aliphatic heterocycles. The van der Waals surface area contributed by atoms with Gasteiger partial charge in [-0.1, -0.05) is 17.7 Å². The Labute approximate surface area is 99.7 Å². The van der Waals surface area contributed by atoms with Crippen LogP contribution in [-0.4, -0.2) is 16.3 Å². The summed E-state index contributed by atoms with van der Waals surface area (Å²) in [6.45, 7) is 0. The highest BCUT2D eigenvalue weighted by Crippen LogP contribution is 2.36. The second-order valence-electron chi connectivity index (χ2n) is 3.25. The molecule has 0 spiro atoms. The molecule has 1 aromatic rings. The van der Waals surface area contributed by atoms with Gasteiger partial charge in [-0.05, 0) is 17.7 Å². The highest BCUT2D eigenvalue weighted by molar-refractivity contribution is 6.30. The molecule has 92 valence electrons. The van der Waals surface area contributed by atoms with Gasteiger partial charge in [-0.25, -0.2) is 0 Å². The predicted molar refractivity (Wildman–Crippen MR) is 53.0 cm³/mol. The third-order valence-corrected chi connectivity index (χ3v) is 2.31. The van der Waals surface area contributed by atoms with Gasteiger partial charge in [0.15, 0.2) is 6.10 Å². The lowest BCUT2D eigenvalue weighted by Crippen LogP contribution is -2.20. The monoisotopic (exact) mass is 265 g/mol. The number of aliphatic hydroxyl groups is 2. The van der Waals surface area contributed by atoms with Gasteiger partial charge in [0.05, 0.1) is 11.6 Å². The normalized spacial score (nSPS) is 15.1. The zero-order valence-electron chi connectivity index (χ0n) is 8.24. The van der Waals surface area contributed by atoms with Crippen LogP contribution in [0, 0.1) is 11.3 Å². The minimum Gasteiger partial charge on any atom is -0.385 e. The molecule has 7 heteroatoms. The molecule has 2 N–H and O–H groups in total. The van der Waals surface area contributed by atoms with Gasteiger partial charge >= 0.3 is 6.18 Å². The van der Waals surface area contributed by atoms with Crippen LogP contribution in [0.4, 0.5) is 13.2 Å². The Morgan fingerprint density at radius 1 is 1.29 bits per heavy atom. The highest BCUT2D eigenvalue weighted by Gasteiger charge is 2.36. The second-order valence-corrected chi connectivity index (χ2v) is 3.68. The number of aliphatic hydroxyl groups excluding tert-OH is 2. The fourth-order valence-electron chi connectivity index (χ4n) is 1.27. The summed E-state index contributed by atoms with van der Waals surface area (Å²) >= 11 is 5.43. The van der Waals surface area contributed by atoms with Gasteiger partial charge < -0.3 is 10.2 Å². The molecule has 0 saturated carbocycles. The number of rotatable bonds is 2. The summed E-state index contributed by atoms with van der Waals surface area (Å²) in [5.41, 5.74) is -1.76. The third-order valence-electron chi connectivity index (χ3n) is 2.07. The van der Waals surface area contributed by atoms with Crippen LogP contribution in [0.3, 0.4) is 0 Å². The zero-order chi connectivity index (χ0) is 13.2. The van der Waals surface area contributed by atoms with E-state index in [4.69, 9.17) is 22.0 Å². The van der Waals surface area contributed by atoms with E-state index in [2.05, 4.69) is 0 Å². The maximum atomic E-state index is 12.6. The fourth-order valence-corrected chi connectivity index (χ4v) is 1.44. The summed E-state index contributed by atoms with van der Waals surface area (Å²) in [6.07, 6.45) is -8.60. The molecular formula is C10H7ClF3NO2. The van der Waals surface area contributed by atoms with E-state index in [1.165, 1.54) is 6.07 Å². The largest absolute Gasteiger partial charge is 0.416 e. The Kier molecular flexibility index (Phi) is 3.98. The van der Waals surface area contributed by atoms with Crippen LogP contribution in [-0.2, 0) is 6.18 Å². The van der Waals surface area contributed by atoms with Crippen molar-refractivity contribution >= 4 is 11.6 Å². The third kappa shape index (κ3) is 3.09. The Bertz CT molecular complexity index is 456. The molecule has 2 atom stereocenters. The number of hydrogen-bond acceptors (Lipinski definition) is 3. The molecule has 1 rings (SSSR count). The number of hydrogen-bond donors (Lipinski definition) is 2. The molecule has 0 aliphatic rings. The van der Waals surface area contributed by atoms with Gasteiger partial charge in [0.1, 0.15) is 6.10 Å². The highest BCUT2D eigenvalue weighted by atomic mass is 35.5. The predicted octanol–water partition coefficient (Wildman–Crippen LogP) is 2.28. The lowest BCUT2D eigenvalue weighted by molar-refractivity contribution is -0.139. The number of nitrogens with zero attached hydrogens (tertiary/aromatic N) is 1. The van der Waals surface area contributed by atoms with Gasteiger partial charge in [-0.15, -0.1) is 0 Å². The van der Waals surface area contributed by atoms with Crippen LogP contribution in [0.1, 0.15) is 17.2 Å². The van der Waals surface area contributed by atoms with E-state index < -0.39 is 29.5 Å². The number of benzene rings is 1. The average Bonchev–Trinajstić information content (AvgIpc) is 2.25. The van der Waals surface area contributed by atoms with E-state index in [9.17, 15) is 18.3 Å². The van der Waals surface area contributed by atoms with E-state index in [1.54, 1.807) is 0 Å². The molecule has 0 fully saturated rings. The molecule has 3 nitrogen and oxygen atoms in total. The number of alkyl halides is 3. The lowest BCUT2D eigenvalue weighted by Gasteiger charge is -2.18. The van der Waals surface area contributed by atoms with E-state index in [0.717, 1.165) is 12.1 Å². The SMILES string of the molecule is N#CC(O)C(O)c1ccc(Cl)cc1C(F)(F)F. The first kappa shape index (κ1) is 13.8. The molecule has 0 bridgehead atoms. The summed E-state index contributed by atoms with van der Waals surface area (Å²) in [5.74, 6) is 0. The summed E-state index contributed by atoms with van der Waals surface area (Å²) < 4.78 is 37.9. The summed E-state index contributed by atoms with van der Waals surface area (Å²) in [4.78, 5) is 0. The lowest BCUT2D eigenvalue weighted by atomic mass is 9.99. The van der Waals surface area contributed by atoms with Gasteiger partial charge in [-0.3, -0.25) is 0 Å². The van der Waals surface area contributed by atoms with Crippen LogP contribution in [0.25, 0.3) is 0 Å². The molecule has 0 amide bonds. The fraction of sp³-hybridized carbons (Fsp3) is 0.300. The van der Waals surface area contributed by atoms with E-state index in [-0.39, 0.29) is 5.02 Å². The first-order valence-electron chi connectivity index (χ1n) is 4.39. The summed E-state index contributed by atoms with van der Waals surface area (Å²) in [5, 5.41) is 26.6. The van der Waals surface area contributed by atoms with Crippen molar-refractivity contribution in [3.8, 4) is 6.07 Å². The quantitative estimate of drug-likeness (QED) is 0.806. The molecule has 0 aromatic heterocycles. The van der Waals surface area contributed by atoms with Crippen LogP contribution in [0.5, 0.6) is 0 Å². The van der Waals surface area contributed by atoms with Crippen molar-refractivity contribution in [1.82, 2.24) is 0 Å². The molecule has 0 heterocycles. The Hall–Kier alpha value is -1.29. The van der Waals surface area contributed by atoms with Crippen molar-refractivity contribution in [2.24, 2.45) is 0 Å². The summed E-state index contributed by atoms with van der Waals surface area (Å²) in [6, 6.07) is 3.96. The molecule has 0 aliphatic carbocycles. The van der Waals surface area contributed by atoms with E-state index in [0.29, 0.717) is 6.07 Å². The summed E-state index contributed by atoms with van der Waals surface area (Å²) in [7, 11) is 0. The molecule has 2 unspecified atom stereocenters. The Morgan fingerprint density at radius 2 is 1.88 bits per heavy atom. The maximum Gasteiger partial charge on any atom is 0.416 e. The second kappa shape index (κ2) is 4.92. The Morgan fingerprint density at radius 3 is 2.35 bits per heavy atom. The van der Waals surface area contributed by atoms with Gasteiger partial charge in [-0.2, -0.15) is 18.4 Å². The van der Waals surface area contributed by atoms with E-state index >= 15 is 0 Å². The van der Waals surface area contributed by atoms with Crippen LogP contribution < -0.4 is 0 Å². The molecule has 0 saturated heterocycles. The number of halogens is 4. The Balaban J connectivity index is 3.30.